The van der Waals surface area contributed by atoms with E-state index in [1.54, 1.807) is 0 Å². The highest BCUT2D eigenvalue weighted by atomic mass is 19.4. The molecular formula is C17H15F3N2O5. The minimum Gasteiger partial charge on any atom is -0.464 e. The molecule has 1 N–H and O–H groups in total. The number of hydrogen-bond donors (Lipinski definition) is 1. The Balaban J connectivity index is 1.95. The van der Waals surface area contributed by atoms with Crippen LogP contribution in [0.25, 0.3) is 0 Å². The molecule has 1 aromatic carbocycles. The first-order valence-corrected chi connectivity index (χ1v) is 7.58. The maximum atomic E-state index is 12.1. The lowest BCUT2D eigenvalue weighted by Gasteiger charge is -2.10. The third-order valence-electron chi connectivity index (χ3n) is 3.26. The molecule has 0 atom stereocenters. The number of nitrogens with zero attached hydrogens (tertiary/aromatic N) is 2. The standard InChI is InChI=1S/C17H15F3N2O5/c1-25-16(23)14-10-13(8-9-21-14)26-15(22-24)7-4-11-2-5-12(6-3-11)27-17(18,19)20/h2-3,5-6,8-10,24H,4,7H2,1H3/b22-15+. The van der Waals surface area contributed by atoms with Crippen LogP contribution in [0.15, 0.2) is 47.8 Å². The van der Waals surface area contributed by atoms with Gasteiger partial charge in [-0.25, -0.2) is 9.78 Å². The molecule has 0 amide bonds. The summed E-state index contributed by atoms with van der Waals surface area (Å²) in [6, 6.07) is 8.06. The predicted octanol–water partition coefficient (Wildman–Crippen LogP) is 3.57. The lowest BCUT2D eigenvalue weighted by atomic mass is 10.1. The van der Waals surface area contributed by atoms with Crippen molar-refractivity contribution in [2.45, 2.75) is 19.2 Å². The number of carbonyl (C=O) groups excluding carboxylic acids is 1. The Morgan fingerprint density at radius 2 is 1.89 bits per heavy atom. The number of halogens is 3. The van der Waals surface area contributed by atoms with Crippen LogP contribution in [0.1, 0.15) is 22.5 Å². The third kappa shape index (κ3) is 6.49. The molecule has 7 nitrogen and oxygen atoms in total. The second-order valence-electron chi connectivity index (χ2n) is 5.16. The molecule has 0 fully saturated rings. The fraction of sp³-hybridized carbons (Fsp3) is 0.235. The van der Waals surface area contributed by atoms with Crippen LogP contribution in [0.2, 0.25) is 0 Å². The van der Waals surface area contributed by atoms with Crippen LogP contribution >= 0.6 is 0 Å². The SMILES string of the molecule is COC(=O)c1cc(O/C(CCc2ccc(OC(F)(F)F)cc2)=N/O)ccn1. The summed E-state index contributed by atoms with van der Waals surface area (Å²) < 4.78 is 50.1. The number of aryl methyl sites for hydroxylation is 1. The molecule has 0 unspecified atom stereocenters. The number of benzene rings is 1. The minimum absolute atomic E-state index is 0.0209. The number of hydrogen-bond acceptors (Lipinski definition) is 7. The van der Waals surface area contributed by atoms with Gasteiger partial charge in [0.05, 0.1) is 7.11 Å². The van der Waals surface area contributed by atoms with Crippen molar-refractivity contribution in [3.63, 3.8) is 0 Å². The number of oxime groups is 1. The van der Waals surface area contributed by atoms with Crippen LogP contribution in [0.3, 0.4) is 0 Å². The Bertz CT molecular complexity index is 807. The first kappa shape index (κ1) is 20.0. The number of rotatable bonds is 6. The van der Waals surface area contributed by atoms with Gasteiger partial charge in [-0.2, -0.15) is 0 Å². The van der Waals surface area contributed by atoms with Crippen molar-refractivity contribution in [2.24, 2.45) is 5.16 Å². The van der Waals surface area contributed by atoms with E-state index in [-0.39, 0.29) is 29.5 Å². The highest BCUT2D eigenvalue weighted by molar-refractivity contribution is 5.87. The van der Waals surface area contributed by atoms with Crippen molar-refractivity contribution in [1.29, 1.82) is 0 Å². The molecular weight excluding hydrogens is 369 g/mol. The van der Waals surface area contributed by atoms with Crippen molar-refractivity contribution in [1.82, 2.24) is 4.98 Å². The average molecular weight is 384 g/mol. The summed E-state index contributed by atoms with van der Waals surface area (Å²) in [6.07, 6.45) is -2.93. The van der Waals surface area contributed by atoms with Crippen LogP contribution in [0.5, 0.6) is 11.5 Å². The number of pyridine rings is 1. The molecule has 144 valence electrons. The van der Waals surface area contributed by atoms with E-state index in [1.165, 1.54) is 49.7 Å². The summed E-state index contributed by atoms with van der Waals surface area (Å²) in [6.45, 7) is 0. The number of carbonyl (C=O) groups is 1. The molecule has 0 aliphatic rings. The Labute approximate surface area is 152 Å². The van der Waals surface area contributed by atoms with Crippen molar-refractivity contribution < 1.29 is 37.4 Å². The molecule has 2 aromatic rings. The Hall–Kier alpha value is -3.30. The smallest absolute Gasteiger partial charge is 0.464 e. The van der Waals surface area contributed by atoms with Gasteiger partial charge in [-0.15, -0.1) is 13.2 Å². The van der Waals surface area contributed by atoms with Gasteiger partial charge in [-0.1, -0.05) is 17.3 Å². The van der Waals surface area contributed by atoms with E-state index in [2.05, 4.69) is 19.6 Å². The van der Waals surface area contributed by atoms with Gasteiger partial charge >= 0.3 is 12.3 Å². The average Bonchev–Trinajstić information content (AvgIpc) is 2.64. The van der Waals surface area contributed by atoms with E-state index in [9.17, 15) is 18.0 Å². The lowest BCUT2D eigenvalue weighted by Crippen LogP contribution is -2.17. The summed E-state index contributed by atoms with van der Waals surface area (Å²) in [4.78, 5) is 15.3. The quantitative estimate of drug-likeness (QED) is 0.269. The fourth-order valence-corrected chi connectivity index (χ4v) is 2.06. The van der Waals surface area contributed by atoms with Crippen LogP contribution in [0.4, 0.5) is 13.2 Å². The third-order valence-corrected chi connectivity index (χ3v) is 3.26. The van der Waals surface area contributed by atoms with Crippen molar-refractivity contribution in [2.75, 3.05) is 7.11 Å². The molecule has 0 radical (unpaired) electrons. The van der Waals surface area contributed by atoms with Crippen LogP contribution in [-0.4, -0.2) is 35.5 Å². The second-order valence-corrected chi connectivity index (χ2v) is 5.16. The number of alkyl halides is 3. The van der Waals surface area contributed by atoms with E-state index in [0.717, 1.165) is 0 Å². The monoisotopic (exact) mass is 384 g/mol. The lowest BCUT2D eigenvalue weighted by molar-refractivity contribution is -0.274. The first-order chi connectivity index (χ1) is 12.8. The summed E-state index contributed by atoms with van der Waals surface area (Å²) in [5.74, 6) is -0.811. The minimum atomic E-state index is -4.75. The van der Waals surface area contributed by atoms with E-state index in [0.29, 0.717) is 12.0 Å². The zero-order valence-corrected chi connectivity index (χ0v) is 14.1. The van der Waals surface area contributed by atoms with E-state index < -0.39 is 12.3 Å². The van der Waals surface area contributed by atoms with Gasteiger partial charge in [0, 0.05) is 18.7 Å². The number of esters is 1. The summed E-state index contributed by atoms with van der Waals surface area (Å²) in [7, 11) is 1.21. The summed E-state index contributed by atoms with van der Waals surface area (Å²) >= 11 is 0. The molecule has 1 heterocycles. The molecule has 2 rings (SSSR count). The van der Waals surface area contributed by atoms with Gasteiger partial charge in [-0.05, 0) is 30.2 Å². The van der Waals surface area contributed by atoms with Crippen molar-refractivity contribution in [3.05, 3.63) is 53.9 Å². The fourth-order valence-electron chi connectivity index (χ4n) is 2.06. The molecule has 0 saturated carbocycles. The normalized spacial score (nSPS) is 11.8. The van der Waals surface area contributed by atoms with Gasteiger partial charge in [-0.3, -0.25) is 0 Å². The second kappa shape index (κ2) is 8.88. The van der Waals surface area contributed by atoms with E-state index in [1.807, 2.05) is 0 Å². The van der Waals surface area contributed by atoms with Crippen LogP contribution in [0, 0.1) is 0 Å². The maximum Gasteiger partial charge on any atom is 0.573 e. The largest absolute Gasteiger partial charge is 0.573 e. The van der Waals surface area contributed by atoms with Crippen LogP contribution < -0.4 is 9.47 Å². The van der Waals surface area contributed by atoms with Crippen molar-refractivity contribution >= 4 is 11.9 Å². The molecule has 0 spiro atoms. The number of aromatic nitrogens is 1. The molecule has 27 heavy (non-hydrogen) atoms. The Kier molecular flexibility index (Phi) is 6.58. The molecule has 0 saturated heterocycles. The topological polar surface area (TPSA) is 90.2 Å². The molecule has 10 heteroatoms. The van der Waals surface area contributed by atoms with E-state index >= 15 is 0 Å². The molecule has 1 aromatic heterocycles. The highest BCUT2D eigenvalue weighted by Gasteiger charge is 2.30. The maximum absolute atomic E-state index is 12.1. The zero-order valence-electron chi connectivity index (χ0n) is 14.1. The highest BCUT2D eigenvalue weighted by Crippen LogP contribution is 2.23. The predicted molar refractivity (Wildman–Crippen MR) is 86.9 cm³/mol. The molecule has 0 bridgehead atoms. The number of methoxy groups -OCH3 is 1. The van der Waals surface area contributed by atoms with Gasteiger partial charge in [0.15, 0.2) is 5.69 Å². The van der Waals surface area contributed by atoms with Gasteiger partial charge in [0.2, 0.25) is 5.90 Å². The number of ether oxygens (including phenoxy) is 3. The first-order valence-electron chi connectivity index (χ1n) is 7.58. The van der Waals surface area contributed by atoms with Gasteiger partial charge in [0.25, 0.3) is 0 Å². The summed E-state index contributed by atoms with van der Waals surface area (Å²) in [5.41, 5.74) is 0.701. The molecule has 0 aliphatic heterocycles. The van der Waals surface area contributed by atoms with Gasteiger partial charge < -0.3 is 19.4 Å². The zero-order chi connectivity index (χ0) is 19.9. The molecule has 0 aliphatic carbocycles. The van der Waals surface area contributed by atoms with E-state index in [4.69, 9.17) is 9.94 Å². The van der Waals surface area contributed by atoms with Crippen LogP contribution in [-0.2, 0) is 11.2 Å². The van der Waals surface area contributed by atoms with Crippen molar-refractivity contribution in [3.8, 4) is 11.5 Å². The Morgan fingerprint density at radius 1 is 1.19 bits per heavy atom. The Morgan fingerprint density at radius 3 is 2.48 bits per heavy atom. The van der Waals surface area contributed by atoms with Gasteiger partial charge in [0.1, 0.15) is 11.5 Å². The summed E-state index contributed by atoms with van der Waals surface area (Å²) in [5, 5.41) is 12.1.